The summed E-state index contributed by atoms with van der Waals surface area (Å²) in [5.41, 5.74) is 0. The van der Waals surface area contributed by atoms with E-state index >= 15 is 0 Å². The Hall–Kier alpha value is -2.29. The molecule has 166 valence electrons. The molecule has 1 heterocycles. The van der Waals surface area contributed by atoms with Crippen molar-refractivity contribution in [1.29, 1.82) is 0 Å². The fraction of sp³-hybridized carbons (Fsp3) is 0.733. The molecule has 0 aromatic rings. The summed E-state index contributed by atoms with van der Waals surface area (Å²) in [6, 6.07) is 0. The monoisotopic (exact) mass is 441 g/mol. The smallest absolute Gasteiger partial charge is 0.305 e. The highest BCUT2D eigenvalue weighted by molar-refractivity contribution is 7.85. The molecule has 29 heavy (non-hydrogen) atoms. The van der Waals surface area contributed by atoms with Gasteiger partial charge in [-0.1, -0.05) is 0 Å². The lowest BCUT2D eigenvalue weighted by molar-refractivity contribution is -0.288. The SMILES string of the molecule is CC(=O)O[C@@H]1O[C@H](C(=O)NCCCS(=O)(=O)O)[C@@H](OC(C)=O)[C@H](O)[C@H]1OC(C)=O. The summed E-state index contributed by atoms with van der Waals surface area (Å²) in [6.07, 6.45) is -8.46. The van der Waals surface area contributed by atoms with Gasteiger partial charge in [0.25, 0.3) is 16.0 Å². The van der Waals surface area contributed by atoms with Crippen LogP contribution in [0.25, 0.3) is 0 Å². The van der Waals surface area contributed by atoms with Gasteiger partial charge in [0.2, 0.25) is 6.29 Å². The van der Waals surface area contributed by atoms with Crippen molar-refractivity contribution in [2.45, 2.75) is 57.9 Å². The van der Waals surface area contributed by atoms with E-state index in [0.717, 1.165) is 20.8 Å². The zero-order chi connectivity index (χ0) is 22.4. The van der Waals surface area contributed by atoms with Crippen molar-refractivity contribution in [1.82, 2.24) is 5.32 Å². The average Bonchev–Trinajstić information content (AvgIpc) is 2.55. The van der Waals surface area contributed by atoms with Gasteiger partial charge in [-0.15, -0.1) is 0 Å². The topological polar surface area (TPSA) is 192 Å². The molecule has 0 spiro atoms. The van der Waals surface area contributed by atoms with E-state index in [1.165, 1.54) is 0 Å². The second-order valence-corrected chi connectivity index (χ2v) is 7.68. The highest BCUT2D eigenvalue weighted by Crippen LogP contribution is 2.27. The number of hydrogen-bond donors (Lipinski definition) is 3. The molecule has 13 nitrogen and oxygen atoms in total. The maximum atomic E-state index is 12.4. The Morgan fingerprint density at radius 2 is 1.48 bits per heavy atom. The van der Waals surface area contributed by atoms with Gasteiger partial charge in [0.1, 0.15) is 6.10 Å². The minimum absolute atomic E-state index is 0.137. The average molecular weight is 441 g/mol. The molecule has 1 aliphatic rings. The van der Waals surface area contributed by atoms with Gasteiger partial charge >= 0.3 is 17.9 Å². The van der Waals surface area contributed by atoms with Crippen molar-refractivity contribution in [3.63, 3.8) is 0 Å². The molecular weight excluding hydrogens is 418 g/mol. The fourth-order valence-electron chi connectivity index (χ4n) is 2.50. The molecule has 1 saturated heterocycles. The zero-order valence-electron chi connectivity index (χ0n) is 15.9. The molecule has 0 unspecified atom stereocenters. The summed E-state index contributed by atoms with van der Waals surface area (Å²) in [7, 11) is -4.22. The van der Waals surface area contributed by atoms with E-state index in [0.29, 0.717) is 0 Å². The number of carbonyl (C=O) groups excluding carboxylic acids is 4. The predicted octanol–water partition coefficient (Wildman–Crippen LogP) is -2.11. The van der Waals surface area contributed by atoms with Crippen LogP contribution < -0.4 is 5.32 Å². The van der Waals surface area contributed by atoms with E-state index in [-0.39, 0.29) is 13.0 Å². The molecule has 1 rings (SSSR count). The van der Waals surface area contributed by atoms with Crippen LogP contribution in [-0.4, -0.2) is 84.9 Å². The molecule has 0 saturated carbocycles. The summed E-state index contributed by atoms with van der Waals surface area (Å²) >= 11 is 0. The van der Waals surface area contributed by atoms with E-state index < -0.39 is 70.4 Å². The molecule has 1 amide bonds. The molecule has 0 aliphatic carbocycles. The maximum Gasteiger partial charge on any atom is 0.305 e. The second-order valence-electron chi connectivity index (χ2n) is 6.10. The molecule has 1 aliphatic heterocycles. The number of carbonyl (C=O) groups is 4. The van der Waals surface area contributed by atoms with Crippen LogP contribution in [0.1, 0.15) is 27.2 Å². The first-order valence-electron chi connectivity index (χ1n) is 8.40. The lowest BCUT2D eigenvalue weighted by atomic mass is 9.97. The Bertz CT molecular complexity index is 736. The number of ether oxygens (including phenoxy) is 4. The van der Waals surface area contributed by atoms with Crippen LogP contribution in [0.15, 0.2) is 0 Å². The maximum absolute atomic E-state index is 12.4. The number of hydrogen-bond acceptors (Lipinski definition) is 11. The van der Waals surface area contributed by atoms with E-state index in [4.69, 9.17) is 23.5 Å². The minimum Gasteiger partial charge on any atom is -0.456 e. The molecule has 3 N–H and O–H groups in total. The first-order chi connectivity index (χ1) is 13.3. The highest BCUT2D eigenvalue weighted by Gasteiger charge is 2.53. The lowest BCUT2D eigenvalue weighted by Crippen LogP contribution is -2.64. The van der Waals surface area contributed by atoms with Crippen molar-refractivity contribution < 1.29 is 56.2 Å². The Morgan fingerprint density at radius 3 is 1.97 bits per heavy atom. The van der Waals surface area contributed by atoms with Crippen LogP contribution in [-0.2, 0) is 48.2 Å². The Labute approximate surface area is 166 Å². The van der Waals surface area contributed by atoms with Gasteiger partial charge in [-0.2, -0.15) is 8.42 Å². The Kier molecular flexibility index (Phi) is 8.94. The van der Waals surface area contributed by atoms with Crippen LogP contribution in [0.2, 0.25) is 0 Å². The summed E-state index contributed by atoms with van der Waals surface area (Å²) in [4.78, 5) is 46.4. The van der Waals surface area contributed by atoms with Crippen LogP contribution >= 0.6 is 0 Å². The van der Waals surface area contributed by atoms with Crippen molar-refractivity contribution in [3.8, 4) is 0 Å². The van der Waals surface area contributed by atoms with Gasteiger partial charge < -0.3 is 29.4 Å². The quantitative estimate of drug-likeness (QED) is 0.161. The van der Waals surface area contributed by atoms with Crippen LogP contribution in [0.5, 0.6) is 0 Å². The molecule has 0 bridgehead atoms. The number of rotatable bonds is 8. The van der Waals surface area contributed by atoms with Crippen LogP contribution in [0.4, 0.5) is 0 Å². The number of esters is 3. The van der Waals surface area contributed by atoms with Crippen molar-refractivity contribution in [2.75, 3.05) is 12.3 Å². The van der Waals surface area contributed by atoms with Gasteiger partial charge in [0, 0.05) is 27.3 Å². The van der Waals surface area contributed by atoms with Crippen LogP contribution in [0, 0.1) is 0 Å². The summed E-state index contributed by atoms with van der Waals surface area (Å²) in [5, 5.41) is 12.8. The Balaban J connectivity index is 3.00. The first-order valence-corrected chi connectivity index (χ1v) is 10.0. The minimum atomic E-state index is -4.22. The third-order valence-electron chi connectivity index (χ3n) is 3.54. The lowest BCUT2D eigenvalue weighted by Gasteiger charge is -2.41. The van der Waals surface area contributed by atoms with Crippen molar-refractivity contribution in [2.24, 2.45) is 0 Å². The van der Waals surface area contributed by atoms with Gasteiger partial charge in [-0.25, -0.2) is 0 Å². The van der Waals surface area contributed by atoms with Crippen molar-refractivity contribution in [3.05, 3.63) is 0 Å². The van der Waals surface area contributed by atoms with E-state index in [1.807, 2.05) is 0 Å². The third kappa shape index (κ3) is 8.31. The standard InChI is InChI=1S/C15H23NO12S/c1-7(17)25-11-10(20)12(26-8(2)18)15(27-9(3)19)28-13(11)14(21)16-5-4-6-29(22,23)24/h10-13,15,20H,4-6H2,1-3H3,(H,16,21)(H,22,23,24)/t10-,11-,12+,13-,15+/m0/s1. The zero-order valence-corrected chi connectivity index (χ0v) is 16.7. The molecule has 14 heteroatoms. The fourth-order valence-corrected chi connectivity index (χ4v) is 3.01. The molecule has 1 fully saturated rings. The van der Waals surface area contributed by atoms with Gasteiger partial charge in [0.05, 0.1) is 5.75 Å². The van der Waals surface area contributed by atoms with Gasteiger partial charge in [-0.05, 0) is 6.42 Å². The normalized spacial score (nSPS) is 26.9. The number of aliphatic hydroxyl groups excluding tert-OH is 1. The first kappa shape index (κ1) is 24.7. The van der Waals surface area contributed by atoms with E-state index in [1.54, 1.807) is 0 Å². The molecule has 0 aromatic heterocycles. The highest BCUT2D eigenvalue weighted by atomic mass is 32.2. The summed E-state index contributed by atoms with van der Waals surface area (Å²) in [5.74, 6) is -4.14. The molecular formula is C15H23NO12S. The van der Waals surface area contributed by atoms with E-state index in [9.17, 15) is 32.7 Å². The molecule has 0 aromatic carbocycles. The van der Waals surface area contributed by atoms with Crippen molar-refractivity contribution >= 4 is 33.9 Å². The predicted molar refractivity (Wildman–Crippen MR) is 91.6 cm³/mol. The van der Waals surface area contributed by atoms with Gasteiger partial charge in [0.15, 0.2) is 18.3 Å². The van der Waals surface area contributed by atoms with E-state index in [2.05, 4.69) is 5.32 Å². The number of nitrogens with one attached hydrogen (secondary N) is 1. The Morgan fingerprint density at radius 1 is 0.966 bits per heavy atom. The molecule has 5 atom stereocenters. The summed E-state index contributed by atoms with van der Waals surface area (Å²) < 4.78 is 50.1. The van der Waals surface area contributed by atoms with Crippen LogP contribution in [0.3, 0.4) is 0 Å². The summed E-state index contributed by atoms with van der Waals surface area (Å²) in [6.45, 7) is 2.84. The number of amides is 1. The third-order valence-corrected chi connectivity index (χ3v) is 4.35. The van der Waals surface area contributed by atoms with Gasteiger partial charge in [-0.3, -0.25) is 23.7 Å². The second kappa shape index (κ2) is 10.5. The number of aliphatic hydroxyl groups is 1. The largest absolute Gasteiger partial charge is 0.456 e. The molecule has 0 radical (unpaired) electrons.